The van der Waals surface area contributed by atoms with Crippen molar-refractivity contribution < 1.29 is 13.2 Å². The van der Waals surface area contributed by atoms with Gasteiger partial charge in [0, 0.05) is 50.7 Å². The molecule has 7 nitrogen and oxygen atoms in total. The van der Waals surface area contributed by atoms with E-state index in [1.165, 1.54) is 0 Å². The zero-order chi connectivity index (χ0) is 21.0. The predicted octanol–water partition coefficient (Wildman–Crippen LogP) is 3.44. The second-order valence-corrected chi connectivity index (χ2v) is 7.23. The Bertz CT molecular complexity index is 872. The summed E-state index contributed by atoms with van der Waals surface area (Å²) >= 11 is 6.07. The first-order valence-electron chi connectivity index (χ1n) is 9.26. The Hall–Kier alpha value is -1.76. The first-order chi connectivity index (χ1) is 13.8. The number of halogens is 5. The average molecular weight is 558 g/mol. The lowest BCUT2D eigenvalue weighted by molar-refractivity contribution is -0.137. The Morgan fingerprint density at radius 1 is 1.37 bits per heavy atom. The summed E-state index contributed by atoms with van der Waals surface area (Å²) in [7, 11) is 1.85. The Morgan fingerprint density at radius 2 is 2.13 bits per heavy atom. The van der Waals surface area contributed by atoms with Gasteiger partial charge in [-0.3, -0.25) is 4.68 Å². The zero-order valence-electron chi connectivity index (χ0n) is 16.6. The number of aliphatic imine (C=N–C) groups is 1. The number of hydrogen-bond acceptors (Lipinski definition) is 4. The molecule has 166 valence electrons. The molecule has 0 amide bonds. The van der Waals surface area contributed by atoms with Gasteiger partial charge >= 0.3 is 6.18 Å². The molecule has 1 aliphatic heterocycles. The number of nitrogens with one attached hydrogen (secondary N) is 2. The van der Waals surface area contributed by atoms with E-state index in [9.17, 15) is 13.2 Å². The lowest BCUT2D eigenvalue weighted by Gasteiger charge is -2.21. The van der Waals surface area contributed by atoms with Crippen LogP contribution in [0.2, 0.25) is 5.02 Å². The molecule has 3 rings (SSSR count). The first kappa shape index (κ1) is 24.5. The smallest absolute Gasteiger partial charge is 0.357 e. The van der Waals surface area contributed by atoms with Crippen LogP contribution >= 0.6 is 35.6 Å². The van der Waals surface area contributed by atoms with Gasteiger partial charge < -0.3 is 15.5 Å². The van der Waals surface area contributed by atoms with Gasteiger partial charge in [0.05, 0.1) is 23.3 Å². The van der Waals surface area contributed by atoms with Gasteiger partial charge in [-0.05, 0) is 19.4 Å². The number of nitrogens with zero attached hydrogens (tertiary/aromatic N) is 5. The monoisotopic (exact) mass is 557 g/mol. The third kappa shape index (κ3) is 6.37. The molecule has 0 saturated carbocycles. The normalized spacial score (nSPS) is 17.1. The number of rotatable bonds is 5. The molecular weight excluding hydrogens is 534 g/mol. The van der Waals surface area contributed by atoms with Crippen LogP contribution in [0.1, 0.15) is 24.5 Å². The quantitative estimate of drug-likeness (QED) is 0.335. The summed E-state index contributed by atoms with van der Waals surface area (Å²) in [4.78, 5) is 10.4. The van der Waals surface area contributed by atoms with Gasteiger partial charge in [0.2, 0.25) is 0 Å². The minimum Gasteiger partial charge on any atom is -0.357 e. The summed E-state index contributed by atoms with van der Waals surface area (Å²) in [6.07, 6.45) is 0.818. The predicted molar refractivity (Wildman–Crippen MR) is 121 cm³/mol. The summed E-state index contributed by atoms with van der Waals surface area (Å²) in [6, 6.07) is 0.992. The Labute approximate surface area is 195 Å². The first-order valence-corrected chi connectivity index (χ1v) is 9.64. The van der Waals surface area contributed by atoms with Gasteiger partial charge in [-0.1, -0.05) is 11.6 Å². The van der Waals surface area contributed by atoms with Crippen molar-refractivity contribution in [1.29, 1.82) is 0 Å². The highest BCUT2D eigenvalue weighted by atomic mass is 127. The van der Waals surface area contributed by atoms with Crippen LogP contribution in [0.25, 0.3) is 0 Å². The van der Waals surface area contributed by atoms with Crippen LogP contribution < -0.4 is 15.5 Å². The fraction of sp³-hybridized carbons (Fsp3) is 0.500. The zero-order valence-corrected chi connectivity index (χ0v) is 19.7. The molecule has 30 heavy (non-hydrogen) atoms. The molecule has 2 aromatic rings. The number of alkyl halides is 3. The summed E-state index contributed by atoms with van der Waals surface area (Å²) in [5, 5.41) is 10.7. The second-order valence-electron chi connectivity index (χ2n) is 6.82. The van der Waals surface area contributed by atoms with Crippen LogP contribution in [0.3, 0.4) is 0 Å². The summed E-state index contributed by atoms with van der Waals surface area (Å²) < 4.78 is 40.1. The van der Waals surface area contributed by atoms with Gasteiger partial charge in [0.25, 0.3) is 0 Å². The molecule has 3 heterocycles. The van der Waals surface area contributed by atoms with Crippen molar-refractivity contribution in [2.24, 2.45) is 12.0 Å². The third-order valence-corrected chi connectivity index (χ3v) is 4.78. The molecule has 0 aromatic carbocycles. The van der Waals surface area contributed by atoms with Crippen molar-refractivity contribution in [3.8, 4) is 0 Å². The Morgan fingerprint density at radius 3 is 2.73 bits per heavy atom. The molecular formula is C18H24ClF3IN7. The Balaban J connectivity index is 0.00000320. The number of hydrogen-bond donors (Lipinski definition) is 2. The van der Waals surface area contributed by atoms with Crippen molar-refractivity contribution in [3.05, 3.63) is 40.8 Å². The highest BCUT2D eigenvalue weighted by Gasteiger charge is 2.33. The molecule has 2 N–H and O–H groups in total. The molecule has 1 saturated heterocycles. The number of pyridine rings is 1. The minimum atomic E-state index is -4.46. The molecule has 0 spiro atoms. The molecule has 0 radical (unpaired) electrons. The minimum absolute atomic E-state index is 0. The van der Waals surface area contributed by atoms with Crippen LogP contribution in [0, 0.1) is 0 Å². The topological polar surface area (TPSA) is 70.4 Å². The van der Waals surface area contributed by atoms with Gasteiger partial charge in [0.1, 0.15) is 5.82 Å². The average Bonchev–Trinajstić information content (AvgIpc) is 3.28. The summed E-state index contributed by atoms with van der Waals surface area (Å²) in [5.74, 6) is 1.04. The van der Waals surface area contributed by atoms with Crippen LogP contribution in [0.4, 0.5) is 19.0 Å². The molecule has 12 heteroatoms. The van der Waals surface area contributed by atoms with Gasteiger partial charge in [-0.25, -0.2) is 9.98 Å². The van der Waals surface area contributed by atoms with Crippen molar-refractivity contribution in [1.82, 2.24) is 25.4 Å². The SMILES string of the molecule is CCNC(=NCc1cnn(C)c1)NC1CCN(c2ncc(C(F)(F)F)cc2Cl)C1.I. The van der Waals surface area contributed by atoms with Crippen molar-refractivity contribution >= 4 is 47.4 Å². The van der Waals surface area contributed by atoms with Gasteiger partial charge in [-0.15, -0.1) is 24.0 Å². The largest absolute Gasteiger partial charge is 0.417 e. The summed E-state index contributed by atoms with van der Waals surface area (Å²) in [6.45, 7) is 4.38. The van der Waals surface area contributed by atoms with E-state index in [0.29, 0.717) is 38.0 Å². The van der Waals surface area contributed by atoms with Crippen LogP contribution in [-0.2, 0) is 19.8 Å². The molecule has 1 atom stereocenters. The number of aryl methyl sites for hydroxylation is 1. The third-order valence-electron chi connectivity index (χ3n) is 4.50. The van der Waals surface area contributed by atoms with E-state index in [0.717, 1.165) is 24.2 Å². The van der Waals surface area contributed by atoms with Gasteiger partial charge in [0.15, 0.2) is 5.96 Å². The number of guanidine groups is 1. The van der Waals surface area contributed by atoms with E-state index >= 15 is 0 Å². The maximum atomic E-state index is 12.8. The van der Waals surface area contributed by atoms with E-state index < -0.39 is 11.7 Å². The fourth-order valence-electron chi connectivity index (χ4n) is 3.13. The van der Waals surface area contributed by atoms with Crippen molar-refractivity contribution in [2.75, 3.05) is 24.5 Å². The van der Waals surface area contributed by atoms with E-state index in [-0.39, 0.29) is 35.0 Å². The molecule has 2 aromatic heterocycles. The fourth-order valence-corrected chi connectivity index (χ4v) is 3.41. The van der Waals surface area contributed by atoms with Gasteiger partial charge in [-0.2, -0.15) is 18.3 Å². The van der Waals surface area contributed by atoms with Crippen LogP contribution in [-0.4, -0.2) is 46.4 Å². The molecule has 1 aliphatic rings. The van der Waals surface area contributed by atoms with Crippen molar-refractivity contribution in [2.45, 2.75) is 32.1 Å². The van der Waals surface area contributed by atoms with E-state index in [2.05, 4.69) is 25.7 Å². The van der Waals surface area contributed by atoms with Crippen molar-refractivity contribution in [3.63, 3.8) is 0 Å². The standard InChI is InChI=1S/C18H23ClF3N7.HI/c1-3-23-17(25-7-12-8-26-28(2)10-12)27-14-4-5-29(11-14)16-15(19)6-13(9-24-16)18(20,21)22;/h6,8-10,14H,3-5,7,11H2,1-2H3,(H2,23,25,27);1H. The number of aromatic nitrogens is 3. The lowest BCUT2D eigenvalue weighted by atomic mass is 10.2. The molecule has 1 fully saturated rings. The second kappa shape index (κ2) is 10.5. The maximum Gasteiger partial charge on any atom is 0.417 e. The molecule has 0 bridgehead atoms. The Kier molecular flexibility index (Phi) is 8.59. The maximum absolute atomic E-state index is 12.8. The summed E-state index contributed by atoms with van der Waals surface area (Å²) in [5.41, 5.74) is 0.149. The highest BCUT2D eigenvalue weighted by Crippen LogP contribution is 2.34. The highest BCUT2D eigenvalue weighted by molar-refractivity contribution is 14.0. The molecule has 1 unspecified atom stereocenters. The van der Waals surface area contributed by atoms with E-state index in [4.69, 9.17) is 11.6 Å². The number of anilines is 1. The lowest BCUT2D eigenvalue weighted by Crippen LogP contribution is -2.44. The molecule has 0 aliphatic carbocycles. The van der Waals surface area contributed by atoms with Crippen LogP contribution in [0.5, 0.6) is 0 Å². The van der Waals surface area contributed by atoms with E-state index in [1.54, 1.807) is 10.9 Å². The van der Waals surface area contributed by atoms with Crippen LogP contribution in [0.15, 0.2) is 29.6 Å². The van der Waals surface area contributed by atoms with E-state index in [1.807, 2.05) is 25.1 Å².